The van der Waals surface area contributed by atoms with E-state index in [0.717, 1.165) is 37.1 Å². The standard InChI is InChI=1S/C16H24N2O2/c1-13-4-7-18(8-5-13)9-6-17-11-14-2-3-15-16(10-14)20-12-19-15/h2-3,10,13,17H,4-9,11-12H2,1H3. The van der Waals surface area contributed by atoms with Gasteiger partial charge in [-0.25, -0.2) is 0 Å². The minimum Gasteiger partial charge on any atom is -0.454 e. The summed E-state index contributed by atoms with van der Waals surface area (Å²) in [5, 5.41) is 3.51. The van der Waals surface area contributed by atoms with Gasteiger partial charge in [-0.15, -0.1) is 0 Å². The first-order valence-electron chi connectivity index (χ1n) is 7.63. The molecule has 0 radical (unpaired) electrons. The van der Waals surface area contributed by atoms with Gasteiger partial charge in [-0.2, -0.15) is 0 Å². The lowest BCUT2D eigenvalue weighted by molar-refractivity contribution is 0.174. The zero-order valence-electron chi connectivity index (χ0n) is 12.2. The molecule has 1 N–H and O–H groups in total. The van der Waals surface area contributed by atoms with E-state index in [9.17, 15) is 0 Å². The molecule has 0 amide bonds. The molecule has 1 aromatic carbocycles. The third kappa shape index (κ3) is 3.44. The maximum atomic E-state index is 5.39. The van der Waals surface area contributed by atoms with Crippen molar-refractivity contribution in [2.45, 2.75) is 26.3 Å². The lowest BCUT2D eigenvalue weighted by atomic mass is 9.99. The van der Waals surface area contributed by atoms with E-state index in [4.69, 9.17) is 9.47 Å². The van der Waals surface area contributed by atoms with E-state index in [-0.39, 0.29) is 0 Å². The van der Waals surface area contributed by atoms with Crippen molar-refractivity contribution >= 4 is 0 Å². The third-order valence-corrected chi connectivity index (χ3v) is 4.25. The lowest BCUT2D eigenvalue weighted by Gasteiger charge is -2.30. The molecule has 4 heteroatoms. The van der Waals surface area contributed by atoms with Crippen molar-refractivity contribution < 1.29 is 9.47 Å². The van der Waals surface area contributed by atoms with Gasteiger partial charge in [0.1, 0.15) is 0 Å². The Balaban J connectivity index is 1.37. The van der Waals surface area contributed by atoms with Crippen LogP contribution in [0, 0.1) is 5.92 Å². The fraction of sp³-hybridized carbons (Fsp3) is 0.625. The van der Waals surface area contributed by atoms with Crippen LogP contribution in [0.3, 0.4) is 0 Å². The second-order valence-electron chi connectivity index (χ2n) is 5.89. The second-order valence-corrected chi connectivity index (χ2v) is 5.89. The smallest absolute Gasteiger partial charge is 0.231 e. The van der Waals surface area contributed by atoms with Crippen molar-refractivity contribution in [2.75, 3.05) is 33.0 Å². The predicted octanol–water partition coefficient (Wildman–Crippen LogP) is 2.24. The van der Waals surface area contributed by atoms with Crippen LogP contribution in [0.2, 0.25) is 0 Å². The Bertz CT molecular complexity index is 442. The van der Waals surface area contributed by atoms with Gasteiger partial charge in [0.2, 0.25) is 6.79 Å². The summed E-state index contributed by atoms with van der Waals surface area (Å²) in [6.07, 6.45) is 2.70. The van der Waals surface area contributed by atoms with Crippen molar-refractivity contribution in [3.05, 3.63) is 23.8 Å². The third-order valence-electron chi connectivity index (χ3n) is 4.25. The largest absolute Gasteiger partial charge is 0.454 e. The van der Waals surface area contributed by atoms with Gasteiger partial charge in [0.25, 0.3) is 0 Å². The highest BCUT2D eigenvalue weighted by molar-refractivity contribution is 5.44. The molecule has 0 spiro atoms. The first kappa shape index (κ1) is 13.7. The molecule has 1 aromatic rings. The Labute approximate surface area is 121 Å². The molecule has 0 aromatic heterocycles. The van der Waals surface area contributed by atoms with Gasteiger partial charge in [-0.3, -0.25) is 0 Å². The van der Waals surface area contributed by atoms with Crippen LogP contribution >= 0.6 is 0 Å². The maximum Gasteiger partial charge on any atom is 0.231 e. The van der Waals surface area contributed by atoms with E-state index in [1.807, 2.05) is 6.07 Å². The summed E-state index contributed by atoms with van der Waals surface area (Å²) in [5.41, 5.74) is 1.25. The SMILES string of the molecule is CC1CCN(CCNCc2ccc3c(c2)OCO3)CC1. The lowest BCUT2D eigenvalue weighted by Crippen LogP contribution is -2.37. The summed E-state index contributed by atoms with van der Waals surface area (Å²) in [7, 11) is 0. The van der Waals surface area contributed by atoms with Gasteiger partial charge in [0, 0.05) is 19.6 Å². The van der Waals surface area contributed by atoms with E-state index in [0.29, 0.717) is 6.79 Å². The summed E-state index contributed by atoms with van der Waals surface area (Å²) in [6.45, 7) is 8.30. The van der Waals surface area contributed by atoms with Crippen LogP contribution in [0.5, 0.6) is 11.5 Å². The highest BCUT2D eigenvalue weighted by Gasteiger charge is 2.15. The molecule has 1 saturated heterocycles. The van der Waals surface area contributed by atoms with Crippen LogP contribution < -0.4 is 14.8 Å². The van der Waals surface area contributed by atoms with Crippen molar-refractivity contribution in [3.63, 3.8) is 0 Å². The molecule has 2 heterocycles. The average Bonchev–Trinajstić information content (AvgIpc) is 2.93. The number of likely N-dealkylation sites (tertiary alicyclic amines) is 1. The normalized spacial score (nSPS) is 19.4. The van der Waals surface area contributed by atoms with E-state index < -0.39 is 0 Å². The van der Waals surface area contributed by atoms with Crippen LogP contribution in [0.25, 0.3) is 0 Å². The average molecular weight is 276 g/mol. The van der Waals surface area contributed by atoms with E-state index in [2.05, 4.69) is 29.3 Å². The molecule has 4 nitrogen and oxygen atoms in total. The molecule has 110 valence electrons. The molecular formula is C16H24N2O2. The fourth-order valence-electron chi connectivity index (χ4n) is 2.81. The quantitative estimate of drug-likeness (QED) is 0.836. The van der Waals surface area contributed by atoms with Gasteiger partial charge < -0.3 is 19.7 Å². The van der Waals surface area contributed by atoms with Crippen molar-refractivity contribution in [1.29, 1.82) is 0 Å². The van der Waals surface area contributed by atoms with Gasteiger partial charge in [-0.1, -0.05) is 13.0 Å². The van der Waals surface area contributed by atoms with Crippen LogP contribution in [-0.2, 0) is 6.54 Å². The topological polar surface area (TPSA) is 33.7 Å². The molecule has 2 aliphatic rings. The van der Waals surface area contributed by atoms with Crippen LogP contribution in [0.15, 0.2) is 18.2 Å². The zero-order chi connectivity index (χ0) is 13.8. The van der Waals surface area contributed by atoms with Gasteiger partial charge >= 0.3 is 0 Å². The summed E-state index contributed by atoms with van der Waals surface area (Å²) in [5.74, 6) is 2.64. The number of fused-ring (bicyclic) bond motifs is 1. The minimum atomic E-state index is 0.347. The highest BCUT2D eigenvalue weighted by Crippen LogP contribution is 2.32. The number of benzene rings is 1. The van der Waals surface area contributed by atoms with Gasteiger partial charge in [0.05, 0.1) is 0 Å². The maximum absolute atomic E-state index is 5.39. The monoisotopic (exact) mass is 276 g/mol. The Hall–Kier alpha value is -1.26. The number of ether oxygens (including phenoxy) is 2. The summed E-state index contributed by atoms with van der Waals surface area (Å²) >= 11 is 0. The van der Waals surface area contributed by atoms with Crippen LogP contribution in [0.4, 0.5) is 0 Å². The zero-order valence-corrected chi connectivity index (χ0v) is 12.2. The number of nitrogens with one attached hydrogen (secondary N) is 1. The molecular weight excluding hydrogens is 252 g/mol. The molecule has 20 heavy (non-hydrogen) atoms. The molecule has 2 aliphatic heterocycles. The van der Waals surface area contributed by atoms with E-state index in [1.165, 1.54) is 31.5 Å². The van der Waals surface area contributed by atoms with Crippen LogP contribution in [0.1, 0.15) is 25.3 Å². The summed E-state index contributed by atoms with van der Waals surface area (Å²) in [6, 6.07) is 6.16. The van der Waals surface area contributed by atoms with Crippen molar-refractivity contribution in [3.8, 4) is 11.5 Å². The highest BCUT2D eigenvalue weighted by atomic mass is 16.7. The number of rotatable bonds is 5. The first-order chi connectivity index (χ1) is 9.81. The molecule has 0 unspecified atom stereocenters. The predicted molar refractivity (Wildman–Crippen MR) is 79.1 cm³/mol. The Morgan fingerprint density at radius 2 is 2.00 bits per heavy atom. The molecule has 3 rings (SSSR count). The number of hydrogen-bond donors (Lipinski definition) is 1. The first-order valence-corrected chi connectivity index (χ1v) is 7.63. The van der Waals surface area contributed by atoms with Crippen molar-refractivity contribution in [2.24, 2.45) is 5.92 Å². The molecule has 0 bridgehead atoms. The Morgan fingerprint density at radius 1 is 1.20 bits per heavy atom. The number of nitrogens with zero attached hydrogens (tertiary/aromatic N) is 1. The minimum absolute atomic E-state index is 0.347. The van der Waals surface area contributed by atoms with Gasteiger partial charge in [-0.05, 0) is 49.5 Å². The molecule has 0 atom stereocenters. The molecule has 1 fully saturated rings. The summed E-state index contributed by atoms with van der Waals surface area (Å²) in [4.78, 5) is 2.56. The van der Waals surface area contributed by atoms with E-state index in [1.54, 1.807) is 0 Å². The fourth-order valence-corrected chi connectivity index (χ4v) is 2.81. The van der Waals surface area contributed by atoms with Gasteiger partial charge in [0.15, 0.2) is 11.5 Å². The van der Waals surface area contributed by atoms with Crippen LogP contribution in [-0.4, -0.2) is 37.9 Å². The van der Waals surface area contributed by atoms with E-state index >= 15 is 0 Å². The second kappa shape index (κ2) is 6.46. The molecule has 0 aliphatic carbocycles. The molecule has 0 saturated carbocycles. The Morgan fingerprint density at radius 3 is 2.85 bits per heavy atom. The summed E-state index contributed by atoms with van der Waals surface area (Å²) < 4.78 is 10.7. The Kier molecular flexibility index (Phi) is 4.43. The number of piperidine rings is 1. The van der Waals surface area contributed by atoms with Crippen molar-refractivity contribution in [1.82, 2.24) is 10.2 Å². The number of hydrogen-bond acceptors (Lipinski definition) is 4.